The third-order valence-electron chi connectivity index (χ3n) is 2.33. The highest BCUT2D eigenvalue weighted by atomic mass is 16.4. The van der Waals surface area contributed by atoms with Crippen LogP contribution >= 0.6 is 0 Å². The minimum absolute atomic E-state index is 0.171. The highest BCUT2D eigenvalue weighted by Crippen LogP contribution is 2.14. The Kier molecular flexibility index (Phi) is 4.15. The molecule has 0 saturated carbocycles. The van der Waals surface area contributed by atoms with Gasteiger partial charge in [0.05, 0.1) is 0 Å². The zero-order valence-electron chi connectivity index (χ0n) is 9.22. The maximum absolute atomic E-state index is 8.49. The summed E-state index contributed by atoms with van der Waals surface area (Å²) in [5.74, 6) is 1.30. The molecule has 0 bridgehead atoms. The molecule has 5 nitrogen and oxygen atoms in total. The lowest BCUT2D eigenvalue weighted by Crippen LogP contribution is -2.19. The largest absolute Gasteiger partial charge is 0.409 e. The predicted octanol–water partition coefficient (Wildman–Crippen LogP) is 1.53. The van der Waals surface area contributed by atoms with E-state index in [1.54, 1.807) is 6.20 Å². The number of amidine groups is 1. The van der Waals surface area contributed by atoms with Crippen LogP contribution in [0.2, 0.25) is 0 Å². The van der Waals surface area contributed by atoms with Crippen LogP contribution in [-0.4, -0.2) is 20.6 Å². The topological polar surface area (TPSA) is 76.4 Å². The first-order valence-corrected chi connectivity index (χ1v) is 5.17. The molecule has 3 N–H and O–H groups in total. The summed E-state index contributed by atoms with van der Waals surface area (Å²) in [6.45, 7) is 4.14. The summed E-state index contributed by atoms with van der Waals surface area (Å²) in [6.07, 6.45) is 6.26. The zero-order chi connectivity index (χ0) is 11.3. The number of hydrogen-bond acceptors (Lipinski definition) is 3. The number of nitrogens with two attached hydrogens (primary N) is 1. The Bertz CT molecular complexity index is 332. The van der Waals surface area contributed by atoms with Crippen LogP contribution in [0, 0.1) is 0 Å². The molecule has 0 aliphatic carbocycles. The van der Waals surface area contributed by atoms with Gasteiger partial charge in [0.25, 0.3) is 0 Å². The molecule has 0 saturated heterocycles. The molecule has 1 heterocycles. The summed E-state index contributed by atoms with van der Waals surface area (Å²) in [6, 6.07) is 0.171. The molecule has 1 aromatic heterocycles. The van der Waals surface area contributed by atoms with Crippen molar-refractivity contribution in [3.63, 3.8) is 0 Å². The third-order valence-corrected chi connectivity index (χ3v) is 2.33. The lowest BCUT2D eigenvalue weighted by molar-refractivity contribution is 0.315. The Labute approximate surface area is 89.6 Å². The molecule has 0 radical (unpaired) electrons. The molecule has 1 atom stereocenters. The van der Waals surface area contributed by atoms with Crippen molar-refractivity contribution in [2.75, 3.05) is 0 Å². The van der Waals surface area contributed by atoms with Gasteiger partial charge in [-0.2, -0.15) is 0 Å². The second kappa shape index (κ2) is 5.38. The van der Waals surface area contributed by atoms with E-state index in [2.05, 4.69) is 21.6 Å². The minimum Gasteiger partial charge on any atom is -0.409 e. The predicted molar refractivity (Wildman–Crippen MR) is 59.0 cm³/mol. The lowest BCUT2D eigenvalue weighted by Gasteiger charge is -2.15. The molecular formula is C10H18N4O. The molecule has 5 heteroatoms. The molecule has 0 spiro atoms. The Hall–Kier alpha value is -1.52. The molecule has 1 aromatic rings. The number of oxime groups is 1. The van der Waals surface area contributed by atoms with E-state index in [4.69, 9.17) is 10.9 Å². The van der Waals surface area contributed by atoms with E-state index in [-0.39, 0.29) is 11.9 Å². The van der Waals surface area contributed by atoms with Crippen LogP contribution in [0.5, 0.6) is 0 Å². The summed E-state index contributed by atoms with van der Waals surface area (Å²) in [5, 5.41) is 11.5. The molecule has 0 aliphatic heterocycles. The SMILES string of the molecule is CCCc1nccn1C(C)CC(N)=NO. The first-order chi connectivity index (χ1) is 7.19. The van der Waals surface area contributed by atoms with Crippen LogP contribution in [0.4, 0.5) is 0 Å². The standard InChI is InChI=1S/C10H18N4O/c1-3-4-10-12-5-6-14(10)8(2)7-9(11)13-15/h5-6,8,15H,3-4,7H2,1-2H3,(H2,11,13). The fraction of sp³-hybridized carbons (Fsp3) is 0.600. The van der Waals surface area contributed by atoms with Gasteiger partial charge in [-0.25, -0.2) is 4.98 Å². The van der Waals surface area contributed by atoms with E-state index < -0.39 is 0 Å². The van der Waals surface area contributed by atoms with Gasteiger partial charge in [-0.05, 0) is 13.3 Å². The number of hydrogen-bond donors (Lipinski definition) is 2. The van der Waals surface area contributed by atoms with E-state index in [0.717, 1.165) is 18.7 Å². The molecule has 15 heavy (non-hydrogen) atoms. The first-order valence-electron chi connectivity index (χ1n) is 5.17. The highest BCUT2D eigenvalue weighted by Gasteiger charge is 2.10. The third kappa shape index (κ3) is 2.97. The number of rotatable bonds is 5. The van der Waals surface area contributed by atoms with Crippen molar-refractivity contribution >= 4 is 5.84 Å². The van der Waals surface area contributed by atoms with Crippen molar-refractivity contribution < 1.29 is 5.21 Å². The first kappa shape index (κ1) is 11.6. The van der Waals surface area contributed by atoms with Crippen LogP contribution in [0.1, 0.15) is 38.6 Å². The summed E-state index contributed by atoms with van der Waals surface area (Å²) in [4.78, 5) is 4.28. The normalized spacial score (nSPS) is 14.1. The van der Waals surface area contributed by atoms with Crippen molar-refractivity contribution in [1.29, 1.82) is 0 Å². The van der Waals surface area contributed by atoms with Crippen molar-refractivity contribution in [3.8, 4) is 0 Å². The number of nitrogens with zero attached hydrogens (tertiary/aromatic N) is 3. The Morgan fingerprint density at radius 2 is 2.47 bits per heavy atom. The number of aryl methyl sites for hydroxylation is 1. The summed E-state index contributed by atoms with van der Waals surface area (Å²) < 4.78 is 2.07. The molecule has 0 fully saturated rings. The Balaban J connectivity index is 2.72. The quantitative estimate of drug-likeness (QED) is 0.335. The van der Waals surface area contributed by atoms with Crippen molar-refractivity contribution in [1.82, 2.24) is 9.55 Å². The van der Waals surface area contributed by atoms with E-state index in [1.807, 2.05) is 13.1 Å². The maximum Gasteiger partial charge on any atom is 0.141 e. The van der Waals surface area contributed by atoms with E-state index in [9.17, 15) is 0 Å². The molecule has 1 unspecified atom stereocenters. The smallest absolute Gasteiger partial charge is 0.141 e. The summed E-state index contributed by atoms with van der Waals surface area (Å²) in [5.41, 5.74) is 5.47. The second-order valence-corrected chi connectivity index (χ2v) is 3.65. The molecule has 0 amide bonds. The van der Waals surface area contributed by atoms with E-state index in [1.165, 1.54) is 0 Å². The van der Waals surface area contributed by atoms with Gasteiger partial charge in [0.15, 0.2) is 0 Å². The lowest BCUT2D eigenvalue weighted by atomic mass is 10.2. The van der Waals surface area contributed by atoms with Crippen molar-refractivity contribution in [3.05, 3.63) is 18.2 Å². The monoisotopic (exact) mass is 210 g/mol. The zero-order valence-corrected chi connectivity index (χ0v) is 9.22. The summed E-state index contributed by atoms with van der Waals surface area (Å²) in [7, 11) is 0. The van der Waals surface area contributed by atoms with Gasteiger partial charge < -0.3 is 15.5 Å². The van der Waals surface area contributed by atoms with Gasteiger partial charge in [0.2, 0.25) is 0 Å². The van der Waals surface area contributed by atoms with Gasteiger partial charge in [-0.3, -0.25) is 0 Å². The average molecular weight is 210 g/mol. The minimum atomic E-state index is 0.171. The van der Waals surface area contributed by atoms with Crippen molar-refractivity contribution in [2.45, 2.75) is 39.2 Å². The second-order valence-electron chi connectivity index (χ2n) is 3.65. The molecule has 0 aromatic carbocycles. The van der Waals surface area contributed by atoms with Crippen LogP contribution in [0.25, 0.3) is 0 Å². The number of aromatic nitrogens is 2. The maximum atomic E-state index is 8.49. The molecule has 84 valence electrons. The molecule has 1 rings (SSSR count). The fourth-order valence-corrected chi connectivity index (χ4v) is 1.60. The number of imidazole rings is 1. The average Bonchev–Trinajstić information content (AvgIpc) is 2.66. The van der Waals surface area contributed by atoms with E-state index in [0.29, 0.717) is 6.42 Å². The van der Waals surface area contributed by atoms with Crippen LogP contribution in [0.3, 0.4) is 0 Å². The van der Waals surface area contributed by atoms with Gasteiger partial charge in [0.1, 0.15) is 11.7 Å². The van der Waals surface area contributed by atoms with Crippen LogP contribution in [-0.2, 0) is 6.42 Å². The van der Waals surface area contributed by atoms with Gasteiger partial charge in [0, 0.05) is 31.3 Å². The van der Waals surface area contributed by atoms with E-state index >= 15 is 0 Å². The highest BCUT2D eigenvalue weighted by molar-refractivity contribution is 5.79. The Morgan fingerprint density at radius 3 is 3.07 bits per heavy atom. The fourth-order valence-electron chi connectivity index (χ4n) is 1.60. The van der Waals surface area contributed by atoms with Gasteiger partial charge in [-0.15, -0.1) is 0 Å². The van der Waals surface area contributed by atoms with Gasteiger partial charge >= 0.3 is 0 Å². The molecular weight excluding hydrogens is 192 g/mol. The molecule has 0 aliphatic rings. The summed E-state index contributed by atoms with van der Waals surface area (Å²) >= 11 is 0. The Morgan fingerprint density at radius 1 is 1.73 bits per heavy atom. The van der Waals surface area contributed by atoms with Crippen molar-refractivity contribution in [2.24, 2.45) is 10.9 Å². The van der Waals surface area contributed by atoms with Crippen LogP contribution in [0.15, 0.2) is 17.5 Å². The van der Waals surface area contributed by atoms with Crippen LogP contribution < -0.4 is 5.73 Å². The van der Waals surface area contributed by atoms with Gasteiger partial charge in [-0.1, -0.05) is 12.1 Å².